The Balaban J connectivity index is 1.67. The van der Waals surface area contributed by atoms with E-state index < -0.39 is 11.7 Å². The highest BCUT2D eigenvalue weighted by atomic mass is 32.1. The molecular weight excluding hydrogens is 331 g/mol. The molecule has 0 atom stereocenters. The lowest BCUT2D eigenvalue weighted by Gasteiger charge is -1.99. The molecule has 0 bridgehead atoms. The molecule has 0 saturated heterocycles. The molecule has 4 aromatic rings. The maximum atomic E-state index is 13.7. The summed E-state index contributed by atoms with van der Waals surface area (Å²) < 4.78 is 25.1. The molecule has 0 spiro atoms. The Morgan fingerprint density at radius 2 is 2.12 bits per heavy atom. The molecule has 120 valence electrons. The van der Waals surface area contributed by atoms with Crippen molar-refractivity contribution < 1.29 is 18.3 Å². The van der Waals surface area contributed by atoms with Gasteiger partial charge in [0.2, 0.25) is 0 Å². The van der Waals surface area contributed by atoms with E-state index in [4.69, 9.17) is 9.15 Å². The number of carbonyl (C=O) groups excluding carboxylic acids is 1. The summed E-state index contributed by atoms with van der Waals surface area (Å²) >= 11 is 1.20. The topological polar surface area (TPSA) is 64.4 Å². The van der Waals surface area contributed by atoms with Gasteiger partial charge in [0.05, 0.1) is 11.8 Å². The van der Waals surface area contributed by atoms with E-state index in [1.54, 1.807) is 24.3 Å². The van der Waals surface area contributed by atoms with Crippen LogP contribution < -0.4 is 10.1 Å². The number of methoxy groups -OCH3 is 1. The molecule has 0 radical (unpaired) electrons. The van der Waals surface area contributed by atoms with Gasteiger partial charge in [0, 0.05) is 5.39 Å². The molecule has 1 N–H and O–H groups in total. The average Bonchev–Trinajstić information content (AvgIpc) is 3.18. The molecule has 4 rings (SSSR count). The first-order valence-electron chi connectivity index (χ1n) is 7.08. The van der Waals surface area contributed by atoms with Crippen LogP contribution >= 0.6 is 11.3 Å². The van der Waals surface area contributed by atoms with Gasteiger partial charge in [-0.1, -0.05) is 29.5 Å². The Hall–Kier alpha value is -2.93. The Kier molecular flexibility index (Phi) is 3.42. The van der Waals surface area contributed by atoms with Crippen LogP contribution in [0.2, 0.25) is 0 Å². The molecule has 0 aliphatic rings. The third-order valence-corrected chi connectivity index (χ3v) is 4.48. The molecule has 2 aromatic carbocycles. The van der Waals surface area contributed by atoms with Gasteiger partial charge in [0.25, 0.3) is 5.91 Å². The lowest BCUT2D eigenvalue weighted by molar-refractivity contribution is 0.0998. The fraction of sp³-hybridized carbons (Fsp3) is 0.0588. The van der Waals surface area contributed by atoms with Crippen molar-refractivity contribution in [3.63, 3.8) is 0 Å². The van der Waals surface area contributed by atoms with Crippen LogP contribution in [-0.2, 0) is 0 Å². The fourth-order valence-electron chi connectivity index (χ4n) is 2.44. The number of benzene rings is 2. The van der Waals surface area contributed by atoms with Crippen LogP contribution in [0.5, 0.6) is 5.75 Å². The number of amides is 1. The highest BCUT2D eigenvalue weighted by Gasteiger charge is 2.17. The molecule has 1 amide bonds. The molecule has 0 aliphatic heterocycles. The number of hydrogen-bond donors (Lipinski definition) is 1. The molecule has 0 saturated carbocycles. The zero-order chi connectivity index (χ0) is 16.7. The standard InChI is InChI=1S/C17H11FN2O3S/c1-22-11-6-2-4-9-8-12(23-15(9)11)16(21)20-17-19-14-10(18)5-3-7-13(14)24-17/h2-8H,1H3,(H,19,20,21). The average molecular weight is 342 g/mol. The maximum Gasteiger partial charge on any atom is 0.293 e. The second-order valence-electron chi connectivity index (χ2n) is 5.05. The third-order valence-electron chi connectivity index (χ3n) is 3.54. The van der Waals surface area contributed by atoms with Crippen LogP contribution in [0.1, 0.15) is 10.6 Å². The molecule has 0 unspecified atom stereocenters. The monoisotopic (exact) mass is 342 g/mol. The van der Waals surface area contributed by atoms with Crippen molar-refractivity contribution >= 4 is 43.6 Å². The van der Waals surface area contributed by atoms with Gasteiger partial charge in [-0.2, -0.15) is 0 Å². The van der Waals surface area contributed by atoms with Gasteiger partial charge in [-0.3, -0.25) is 10.1 Å². The highest BCUT2D eigenvalue weighted by molar-refractivity contribution is 7.22. The summed E-state index contributed by atoms with van der Waals surface area (Å²) in [4.78, 5) is 16.5. The second-order valence-corrected chi connectivity index (χ2v) is 6.08. The Bertz CT molecular complexity index is 1070. The molecule has 5 nitrogen and oxygen atoms in total. The summed E-state index contributed by atoms with van der Waals surface area (Å²) in [6.45, 7) is 0. The van der Waals surface area contributed by atoms with E-state index in [1.165, 1.54) is 24.5 Å². The van der Waals surface area contributed by atoms with E-state index in [0.717, 1.165) is 5.39 Å². The summed E-state index contributed by atoms with van der Waals surface area (Å²) in [5.74, 6) is -0.187. The van der Waals surface area contributed by atoms with E-state index >= 15 is 0 Å². The van der Waals surface area contributed by atoms with E-state index in [1.807, 2.05) is 12.1 Å². The van der Waals surface area contributed by atoms with Crippen molar-refractivity contribution in [3.05, 3.63) is 54.0 Å². The second kappa shape index (κ2) is 5.61. The minimum atomic E-state index is -0.451. The number of ether oxygens (including phenoxy) is 1. The number of nitrogens with zero attached hydrogens (tertiary/aromatic N) is 1. The number of furan rings is 1. The van der Waals surface area contributed by atoms with Crippen molar-refractivity contribution in [2.45, 2.75) is 0 Å². The molecule has 0 aliphatic carbocycles. The highest BCUT2D eigenvalue weighted by Crippen LogP contribution is 2.30. The van der Waals surface area contributed by atoms with E-state index in [0.29, 0.717) is 21.2 Å². The third kappa shape index (κ3) is 2.39. The lowest BCUT2D eigenvalue weighted by atomic mass is 10.2. The zero-order valence-electron chi connectivity index (χ0n) is 12.5. The van der Waals surface area contributed by atoms with Gasteiger partial charge >= 0.3 is 0 Å². The van der Waals surface area contributed by atoms with Crippen LogP contribution in [-0.4, -0.2) is 18.0 Å². The molecule has 7 heteroatoms. The van der Waals surface area contributed by atoms with Crippen molar-refractivity contribution in [3.8, 4) is 5.75 Å². The Morgan fingerprint density at radius 3 is 2.92 bits per heavy atom. The molecule has 0 fully saturated rings. The smallest absolute Gasteiger partial charge is 0.293 e. The van der Waals surface area contributed by atoms with E-state index in [-0.39, 0.29) is 11.3 Å². The maximum absolute atomic E-state index is 13.7. The summed E-state index contributed by atoms with van der Waals surface area (Å²) in [6.07, 6.45) is 0. The Morgan fingerprint density at radius 1 is 1.29 bits per heavy atom. The number of fused-ring (bicyclic) bond motifs is 2. The van der Waals surface area contributed by atoms with Crippen LogP contribution in [0.3, 0.4) is 0 Å². The quantitative estimate of drug-likeness (QED) is 0.598. The van der Waals surface area contributed by atoms with Crippen LogP contribution in [0, 0.1) is 5.82 Å². The first kappa shape index (κ1) is 14.6. The predicted molar refractivity (Wildman–Crippen MR) is 90.3 cm³/mol. The predicted octanol–water partition coefficient (Wildman–Crippen LogP) is 4.44. The largest absolute Gasteiger partial charge is 0.493 e. The zero-order valence-corrected chi connectivity index (χ0v) is 13.3. The van der Waals surface area contributed by atoms with Crippen molar-refractivity contribution in [2.24, 2.45) is 0 Å². The van der Waals surface area contributed by atoms with Gasteiger partial charge in [0.15, 0.2) is 22.2 Å². The SMILES string of the molecule is COc1cccc2cc(C(=O)Nc3nc4c(F)cccc4s3)oc12. The molecule has 2 aromatic heterocycles. The number of anilines is 1. The van der Waals surface area contributed by atoms with Gasteiger partial charge in [0.1, 0.15) is 11.3 Å². The first-order valence-corrected chi connectivity index (χ1v) is 7.90. The molecular formula is C17H11FN2O3S. The fourth-order valence-corrected chi connectivity index (χ4v) is 3.31. The van der Waals surface area contributed by atoms with Crippen LogP contribution in [0.4, 0.5) is 9.52 Å². The first-order chi connectivity index (χ1) is 11.7. The number of carbonyl (C=O) groups is 1. The normalized spacial score (nSPS) is 11.1. The van der Waals surface area contributed by atoms with E-state index in [2.05, 4.69) is 10.3 Å². The number of aromatic nitrogens is 1. The summed E-state index contributed by atoms with van der Waals surface area (Å²) in [5, 5.41) is 3.71. The van der Waals surface area contributed by atoms with Crippen molar-refractivity contribution in [1.82, 2.24) is 4.98 Å². The van der Waals surface area contributed by atoms with Crippen LogP contribution in [0.15, 0.2) is 46.9 Å². The minimum Gasteiger partial charge on any atom is -0.493 e. The number of hydrogen-bond acceptors (Lipinski definition) is 5. The summed E-state index contributed by atoms with van der Waals surface area (Å²) in [6, 6.07) is 11.7. The Labute approximate surface area is 139 Å². The number of halogens is 1. The van der Waals surface area contributed by atoms with Crippen molar-refractivity contribution in [1.29, 1.82) is 0 Å². The van der Waals surface area contributed by atoms with Gasteiger partial charge in [-0.25, -0.2) is 9.37 Å². The lowest BCUT2D eigenvalue weighted by Crippen LogP contribution is -2.10. The van der Waals surface area contributed by atoms with Gasteiger partial charge in [-0.05, 0) is 24.3 Å². The van der Waals surface area contributed by atoms with Gasteiger partial charge < -0.3 is 9.15 Å². The number of nitrogens with one attached hydrogen (secondary N) is 1. The molecule has 24 heavy (non-hydrogen) atoms. The number of para-hydroxylation sites is 2. The van der Waals surface area contributed by atoms with Crippen LogP contribution in [0.25, 0.3) is 21.2 Å². The number of rotatable bonds is 3. The summed E-state index contributed by atoms with van der Waals surface area (Å²) in [7, 11) is 1.53. The van der Waals surface area contributed by atoms with Gasteiger partial charge in [-0.15, -0.1) is 0 Å². The van der Waals surface area contributed by atoms with E-state index in [9.17, 15) is 9.18 Å². The minimum absolute atomic E-state index is 0.134. The molecule has 2 heterocycles. The van der Waals surface area contributed by atoms with Crippen molar-refractivity contribution in [2.75, 3.05) is 12.4 Å². The number of thiazole rings is 1. The summed E-state index contributed by atoms with van der Waals surface area (Å²) in [5.41, 5.74) is 0.740.